The third-order valence-corrected chi connectivity index (χ3v) is 5.10. The molecule has 0 aliphatic carbocycles. The number of likely N-dealkylation sites (tertiary alicyclic amines) is 1. The summed E-state index contributed by atoms with van der Waals surface area (Å²) in [6, 6.07) is 18.7. The lowest BCUT2D eigenvalue weighted by Crippen LogP contribution is -2.58. The van der Waals surface area contributed by atoms with Crippen molar-refractivity contribution >= 4 is 18.0 Å². The Morgan fingerprint density at radius 1 is 1.07 bits per heavy atom. The molecule has 2 N–H and O–H groups in total. The first-order valence-electron chi connectivity index (χ1n) is 8.99. The highest BCUT2D eigenvalue weighted by Crippen LogP contribution is 2.35. The van der Waals surface area contributed by atoms with E-state index in [1.807, 2.05) is 60.7 Å². The van der Waals surface area contributed by atoms with Crippen LogP contribution in [0.5, 0.6) is 0 Å². The molecular weight excluding hydrogens is 342 g/mol. The molecule has 140 valence electrons. The lowest BCUT2D eigenvalue weighted by atomic mass is 9.73. The van der Waals surface area contributed by atoms with Crippen molar-refractivity contribution < 1.29 is 19.8 Å². The highest BCUT2D eigenvalue weighted by molar-refractivity contribution is 5.92. The number of hydrogen-bond donors (Lipinski definition) is 2. The third-order valence-electron chi connectivity index (χ3n) is 5.10. The van der Waals surface area contributed by atoms with Crippen molar-refractivity contribution in [3.63, 3.8) is 0 Å². The molecule has 5 heteroatoms. The maximum Gasteiger partial charge on any atom is 0.314 e. The zero-order chi connectivity index (χ0) is 19.3. The SMILES string of the molecule is O=C(/C=C/c1ccccc1)N1CC[C@@H](O)[C@](Cc2ccccc2)(C(=O)O)C1. The highest BCUT2D eigenvalue weighted by Gasteiger charge is 2.49. The molecule has 1 aliphatic heterocycles. The van der Waals surface area contributed by atoms with Crippen LogP contribution in [0, 0.1) is 5.41 Å². The predicted octanol–water partition coefficient (Wildman–Crippen LogP) is 2.61. The number of carboxylic acids is 1. The zero-order valence-corrected chi connectivity index (χ0v) is 15.0. The van der Waals surface area contributed by atoms with Gasteiger partial charge < -0.3 is 15.1 Å². The van der Waals surface area contributed by atoms with E-state index in [2.05, 4.69) is 0 Å². The van der Waals surface area contributed by atoms with E-state index >= 15 is 0 Å². The van der Waals surface area contributed by atoms with Crippen LogP contribution in [-0.2, 0) is 16.0 Å². The molecule has 5 nitrogen and oxygen atoms in total. The molecule has 2 aromatic carbocycles. The number of nitrogens with zero attached hydrogens (tertiary/aromatic N) is 1. The smallest absolute Gasteiger partial charge is 0.314 e. The number of carboxylic acid groups (broad SMARTS) is 1. The van der Waals surface area contributed by atoms with Crippen LogP contribution < -0.4 is 0 Å². The quantitative estimate of drug-likeness (QED) is 0.799. The minimum Gasteiger partial charge on any atom is -0.481 e. The van der Waals surface area contributed by atoms with Gasteiger partial charge in [-0.1, -0.05) is 60.7 Å². The Morgan fingerprint density at radius 2 is 1.70 bits per heavy atom. The number of benzene rings is 2. The largest absolute Gasteiger partial charge is 0.481 e. The summed E-state index contributed by atoms with van der Waals surface area (Å²) in [4.78, 5) is 26.2. The third kappa shape index (κ3) is 4.26. The molecule has 0 bridgehead atoms. The van der Waals surface area contributed by atoms with E-state index in [1.165, 1.54) is 11.0 Å². The first kappa shape index (κ1) is 18.9. The van der Waals surface area contributed by atoms with Gasteiger partial charge in [0.1, 0.15) is 5.41 Å². The van der Waals surface area contributed by atoms with Gasteiger partial charge in [-0.2, -0.15) is 0 Å². The number of aliphatic hydroxyl groups excluding tert-OH is 1. The van der Waals surface area contributed by atoms with E-state index in [4.69, 9.17) is 0 Å². The van der Waals surface area contributed by atoms with Crippen LogP contribution >= 0.6 is 0 Å². The van der Waals surface area contributed by atoms with E-state index < -0.39 is 17.5 Å². The topological polar surface area (TPSA) is 77.8 Å². The Bertz CT molecular complexity index is 819. The number of carbonyl (C=O) groups excluding carboxylic acids is 1. The van der Waals surface area contributed by atoms with Crippen molar-refractivity contribution in [3.05, 3.63) is 77.9 Å². The summed E-state index contributed by atoms with van der Waals surface area (Å²) in [5.41, 5.74) is 0.320. The lowest BCUT2D eigenvalue weighted by Gasteiger charge is -2.43. The van der Waals surface area contributed by atoms with E-state index in [0.29, 0.717) is 6.54 Å². The van der Waals surface area contributed by atoms with Crippen molar-refractivity contribution in [1.82, 2.24) is 4.90 Å². The molecule has 1 aliphatic rings. The molecular formula is C22H23NO4. The van der Waals surface area contributed by atoms with E-state index in [1.54, 1.807) is 6.08 Å². The van der Waals surface area contributed by atoms with Gasteiger partial charge >= 0.3 is 5.97 Å². The standard InChI is InChI=1S/C22H23NO4/c24-19-13-14-23(20(25)12-11-17-7-3-1-4-8-17)16-22(19,21(26)27)15-18-9-5-2-6-10-18/h1-12,19,24H,13-16H2,(H,26,27)/b12-11+/t19-,22-/m1/s1. The molecule has 2 aromatic rings. The van der Waals surface area contributed by atoms with Gasteiger partial charge in [0.15, 0.2) is 0 Å². The van der Waals surface area contributed by atoms with Crippen LogP contribution in [-0.4, -0.2) is 46.2 Å². The molecule has 1 amide bonds. The van der Waals surface area contributed by atoms with Crippen LogP contribution in [0.2, 0.25) is 0 Å². The fourth-order valence-corrected chi connectivity index (χ4v) is 3.52. The fourth-order valence-electron chi connectivity index (χ4n) is 3.52. The number of amides is 1. The molecule has 1 fully saturated rings. The van der Waals surface area contributed by atoms with Gasteiger partial charge in [0.2, 0.25) is 5.91 Å². The van der Waals surface area contributed by atoms with Gasteiger partial charge in [0.05, 0.1) is 6.10 Å². The Hall–Kier alpha value is -2.92. The highest BCUT2D eigenvalue weighted by atomic mass is 16.4. The van der Waals surface area contributed by atoms with E-state index in [0.717, 1.165) is 11.1 Å². The molecule has 1 saturated heterocycles. The second-order valence-electron chi connectivity index (χ2n) is 6.93. The molecule has 2 atom stereocenters. The van der Waals surface area contributed by atoms with Gasteiger partial charge in [0, 0.05) is 19.2 Å². The van der Waals surface area contributed by atoms with Crippen LogP contribution in [0.3, 0.4) is 0 Å². The van der Waals surface area contributed by atoms with Gasteiger partial charge in [0.25, 0.3) is 0 Å². The first-order chi connectivity index (χ1) is 13.0. The summed E-state index contributed by atoms with van der Waals surface area (Å²) in [7, 11) is 0. The van der Waals surface area contributed by atoms with Crippen molar-refractivity contribution in [2.75, 3.05) is 13.1 Å². The summed E-state index contributed by atoms with van der Waals surface area (Å²) in [5.74, 6) is -1.33. The summed E-state index contributed by atoms with van der Waals surface area (Å²) in [5, 5.41) is 20.4. The molecule has 1 heterocycles. The Kier molecular flexibility index (Phi) is 5.72. The van der Waals surface area contributed by atoms with E-state index in [-0.39, 0.29) is 25.3 Å². The predicted molar refractivity (Wildman–Crippen MR) is 103 cm³/mol. The minimum atomic E-state index is -1.41. The molecule has 0 spiro atoms. The van der Waals surface area contributed by atoms with Crippen molar-refractivity contribution in [3.8, 4) is 0 Å². The van der Waals surface area contributed by atoms with Gasteiger partial charge in [-0.05, 0) is 30.0 Å². The van der Waals surface area contributed by atoms with Crippen LogP contribution in [0.4, 0.5) is 0 Å². The van der Waals surface area contributed by atoms with Crippen molar-refractivity contribution in [2.45, 2.75) is 18.9 Å². The number of aliphatic carboxylic acids is 1. The van der Waals surface area contributed by atoms with Crippen LogP contribution in [0.1, 0.15) is 17.5 Å². The number of hydrogen-bond acceptors (Lipinski definition) is 3. The maximum absolute atomic E-state index is 12.6. The molecule has 0 saturated carbocycles. The number of piperidine rings is 1. The minimum absolute atomic E-state index is 0.0175. The fraction of sp³-hybridized carbons (Fsp3) is 0.273. The molecule has 3 rings (SSSR count). The second kappa shape index (κ2) is 8.18. The Balaban J connectivity index is 1.79. The van der Waals surface area contributed by atoms with Crippen LogP contribution in [0.15, 0.2) is 66.7 Å². The lowest BCUT2D eigenvalue weighted by molar-refractivity contribution is -0.164. The first-order valence-corrected chi connectivity index (χ1v) is 8.99. The number of carbonyl (C=O) groups is 2. The Morgan fingerprint density at radius 3 is 2.33 bits per heavy atom. The molecule has 0 aromatic heterocycles. The average molecular weight is 365 g/mol. The molecule has 0 radical (unpaired) electrons. The van der Waals surface area contributed by atoms with Crippen molar-refractivity contribution in [1.29, 1.82) is 0 Å². The Labute approximate surface area is 158 Å². The normalized spacial score (nSPS) is 22.7. The summed E-state index contributed by atoms with van der Waals surface area (Å²) < 4.78 is 0. The van der Waals surface area contributed by atoms with Crippen LogP contribution in [0.25, 0.3) is 6.08 Å². The number of aliphatic hydroxyl groups is 1. The monoisotopic (exact) mass is 365 g/mol. The number of rotatable bonds is 5. The molecule has 27 heavy (non-hydrogen) atoms. The van der Waals surface area contributed by atoms with Crippen molar-refractivity contribution in [2.24, 2.45) is 5.41 Å². The van der Waals surface area contributed by atoms with E-state index in [9.17, 15) is 19.8 Å². The summed E-state index contributed by atoms with van der Waals surface area (Å²) in [6.07, 6.45) is 2.59. The van der Waals surface area contributed by atoms with Gasteiger partial charge in [-0.15, -0.1) is 0 Å². The summed E-state index contributed by atoms with van der Waals surface area (Å²) in [6.45, 7) is 0.319. The summed E-state index contributed by atoms with van der Waals surface area (Å²) >= 11 is 0. The average Bonchev–Trinajstić information content (AvgIpc) is 2.69. The second-order valence-corrected chi connectivity index (χ2v) is 6.93. The maximum atomic E-state index is 12.6. The molecule has 0 unspecified atom stereocenters. The van der Waals surface area contributed by atoms with Gasteiger partial charge in [-0.25, -0.2) is 0 Å². The zero-order valence-electron chi connectivity index (χ0n) is 15.0. The van der Waals surface area contributed by atoms with Gasteiger partial charge in [-0.3, -0.25) is 9.59 Å².